The van der Waals surface area contributed by atoms with Gasteiger partial charge in [0.15, 0.2) is 0 Å². The van der Waals surface area contributed by atoms with Gasteiger partial charge in [0.05, 0.1) is 12.7 Å². The summed E-state index contributed by atoms with van der Waals surface area (Å²) < 4.78 is 0. The first-order valence-corrected chi connectivity index (χ1v) is 9.10. The normalized spacial score (nSPS) is 52.6. The van der Waals surface area contributed by atoms with Crippen molar-refractivity contribution in [3.63, 3.8) is 0 Å². The van der Waals surface area contributed by atoms with Crippen molar-refractivity contribution in [2.45, 2.75) is 70.8 Å². The third-order valence-electron chi connectivity index (χ3n) is 7.97. The van der Waals surface area contributed by atoms with Crippen LogP contribution in [0.15, 0.2) is 11.6 Å². The van der Waals surface area contributed by atoms with Crippen molar-refractivity contribution in [1.82, 2.24) is 0 Å². The highest BCUT2D eigenvalue weighted by Gasteiger charge is 2.59. The van der Waals surface area contributed by atoms with E-state index in [1.54, 1.807) is 5.57 Å². The molecule has 118 valence electrons. The van der Waals surface area contributed by atoms with Crippen LogP contribution in [0, 0.1) is 28.6 Å². The maximum absolute atomic E-state index is 10.5. The summed E-state index contributed by atoms with van der Waals surface area (Å²) in [5.41, 5.74) is 1.84. The minimum Gasteiger partial charge on any atom is -0.395 e. The Kier molecular flexibility index (Phi) is 3.28. The highest BCUT2D eigenvalue weighted by atomic mass is 16.3. The lowest BCUT2D eigenvalue weighted by atomic mass is 9.47. The average molecular weight is 290 g/mol. The van der Waals surface area contributed by atoms with E-state index in [1.807, 2.05) is 0 Å². The minimum atomic E-state index is -0.0924. The first-order valence-electron chi connectivity index (χ1n) is 9.10. The summed E-state index contributed by atoms with van der Waals surface area (Å²) in [6, 6.07) is 0. The first-order chi connectivity index (χ1) is 10.1. The first kappa shape index (κ1) is 14.3. The van der Waals surface area contributed by atoms with Crippen LogP contribution in [0.5, 0.6) is 0 Å². The van der Waals surface area contributed by atoms with Gasteiger partial charge < -0.3 is 10.2 Å². The van der Waals surface area contributed by atoms with Crippen LogP contribution in [0.2, 0.25) is 0 Å². The highest BCUT2D eigenvalue weighted by molar-refractivity contribution is 5.25. The molecule has 4 rings (SSSR count). The second-order valence-corrected chi connectivity index (χ2v) is 8.50. The molecule has 0 radical (unpaired) electrons. The summed E-state index contributed by atoms with van der Waals surface area (Å²) in [5, 5.41) is 20.7. The molecule has 0 aliphatic heterocycles. The van der Waals surface area contributed by atoms with Gasteiger partial charge >= 0.3 is 0 Å². The van der Waals surface area contributed by atoms with E-state index < -0.39 is 0 Å². The second-order valence-electron chi connectivity index (χ2n) is 8.50. The Labute approximate surface area is 128 Å². The van der Waals surface area contributed by atoms with E-state index in [9.17, 15) is 10.2 Å². The largest absolute Gasteiger partial charge is 0.395 e. The molecule has 2 nitrogen and oxygen atoms in total. The van der Waals surface area contributed by atoms with E-state index in [1.165, 1.54) is 44.9 Å². The molecule has 0 heterocycles. The molecule has 0 spiro atoms. The summed E-state index contributed by atoms with van der Waals surface area (Å²) >= 11 is 0. The van der Waals surface area contributed by atoms with Crippen LogP contribution in [-0.2, 0) is 0 Å². The van der Waals surface area contributed by atoms with Crippen molar-refractivity contribution >= 4 is 0 Å². The fourth-order valence-electron chi connectivity index (χ4n) is 6.75. The molecule has 0 amide bonds. The number of hydrogen-bond acceptors (Lipinski definition) is 2. The third kappa shape index (κ3) is 1.78. The monoisotopic (exact) mass is 290 g/mol. The van der Waals surface area contributed by atoms with Gasteiger partial charge in [0.25, 0.3) is 0 Å². The number of fused-ring (bicyclic) bond motifs is 5. The minimum absolute atomic E-state index is 0.0924. The van der Waals surface area contributed by atoms with Crippen LogP contribution < -0.4 is 0 Å². The molecule has 0 aromatic carbocycles. The van der Waals surface area contributed by atoms with Crippen molar-refractivity contribution in [3.05, 3.63) is 11.6 Å². The molecule has 6 atom stereocenters. The summed E-state index contributed by atoms with van der Waals surface area (Å²) in [5.74, 6) is 2.05. The average Bonchev–Trinajstić information content (AvgIpc) is 2.82. The van der Waals surface area contributed by atoms with Gasteiger partial charge in [0, 0.05) is 5.41 Å². The summed E-state index contributed by atoms with van der Waals surface area (Å²) in [6.07, 6.45) is 13.2. The standard InChI is InChI=1S/C19H30O2/c1-18-11-9-16-14(15(18)7-8-17(18)21)6-5-13-4-2-3-10-19(13,16)12-20/h5,14-17,20-21H,2-4,6-12H2,1H3/t14-,15-,16-,17?,18-,19+/m0/s1. The maximum atomic E-state index is 10.5. The Balaban J connectivity index is 1.71. The van der Waals surface area contributed by atoms with Crippen LogP contribution in [0.4, 0.5) is 0 Å². The van der Waals surface area contributed by atoms with Gasteiger partial charge in [-0.1, -0.05) is 25.0 Å². The van der Waals surface area contributed by atoms with E-state index in [-0.39, 0.29) is 16.9 Å². The lowest BCUT2D eigenvalue weighted by molar-refractivity contribution is -0.0826. The SMILES string of the molecule is C[C@]12CC[C@H]3[C@@H](CC=C4CCCC[C@@]43CO)[C@@H]1CCC2O. The number of aliphatic hydroxyl groups is 2. The number of rotatable bonds is 1. The predicted octanol–water partition coefficient (Wildman–Crippen LogP) is 3.67. The van der Waals surface area contributed by atoms with Crippen molar-refractivity contribution in [2.24, 2.45) is 28.6 Å². The maximum Gasteiger partial charge on any atom is 0.0596 e. The Bertz CT molecular complexity index is 456. The van der Waals surface area contributed by atoms with Crippen LogP contribution in [-0.4, -0.2) is 22.9 Å². The lowest BCUT2D eigenvalue weighted by Crippen LogP contribution is -2.52. The molecule has 4 aliphatic rings. The van der Waals surface area contributed by atoms with Crippen LogP contribution in [0.3, 0.4) is 0 Å². The third-order valence-corrected chi connectivity index (χ3v) is 7.97. The van der Waals surface area contributed by atoms with Crippen molar-refractivity contribution < 1.29 is 10.2 Å². The van der Waals surface area contributed by atoms with E-state index >= 15 is 0 Å². The summed E-state index contributed by atoms with van der Waals surface area (Å²) in [6.45, 7) is 2.68. The Morgan fingerprint density at radius 1 is 1.14 bits per heavy atom. The zero-order valence-electron chi connectivity index (χ0n) is 13.4. The Hall–Kier alpha value is -0.340. The molecule has 1 unspecified atom stereocenters. The second kappa shape index (κ2) is 4.83. The van der Waals surface area contributed by atoms with Gasteiger partial charge in [-0.25, -0.2) is 0 Å². The quantitative estimate of drug-likeness (QED) is 0.723. The summed E-state index contributed by atoms with van der Waals surface area (Å²) in [4.78, 5) is 0. The molecule has 2 N–H and O–H groups in total. The molecular formula is C19H30O2. The van der Waals surface area contributed by atoms with Gasteiger partial charge in [-0.05, 0) is 74.5 Å². The van der Waals surface area contributed by atoms with E-state index in [4.69, 9.17) is 0 Å². The van der Waals surface area contributed by atoms with Crippen molar-refractivity contribution in [2.75, 3.05) is 6.61 Å². The molecule has 4 aliphatic carbocycles. The van der Waals surface area contributed by atoms with Crippen LogP contribution in [0.25, 0.3) is 0 Å². The van der Waals surface area contributed by atoms with Crippen LogP contribution in [0.1, 0.15) is 64.7 Å². The predicted molar refractivity (Wildman–Crippen MR) is 83.7 cm³/mol. The van der Waals surface area contributed by atoms with Gasteiger partial charge in [0.1, 0.15) is 0 Å². The van der Waals surface area contributed by atoms with E-state index in [0.717, 1.165) is 12.8 Å². The van der Waals surface area contributed by atoms with E-state index in [0.29, 0.717) is 24.4 Å². The summed E-state index contributed by atoms with van der Waals surface area (Å²) in [7, 11) is 0. The fourth-order valence-corrected chi connectivity index (χ4v) is 6.75. The van der Waals surface area contributed by atoms with Crippen LogP contribution >= 0.6 is 0 Å². The van der Waals surface area contributed by atoms with Crippen molar-refractivity contribution in [3.8, 4) is 0 Å². The zero-order chi connectivity index (χ0) is 14.7. The molecule has 21 heavy (non-hydrogen) atoms. The molecule has 2 heteroatoms. The molecule has 0 aromatic rings. The molecular weight excluding hydrogens is 260 g/mol. The van der Waals surface area contributed by atoms with Gasteiger partial charge in [-0.2, -0.15) is 0 Å². The fraction of sp³-hybridized carbons (Fsp3) is 0.895. The molecule has 3 saturated carbocycles. The Morgan fingerprint density at radius 2 is 2.00 bits per heavy atom. The zero-order valence-corrected chi connectivity index (χ0v) is 13.4. The van der Waals surface area contributed by atoms with Gasteiger partial charge in [0.2, 0.25) is 0 Å². The number of allylic oxidation sites excluding steroid dienone is 1. The smallest absolute Gasteiger partial charge is 0.0596 e. The number of hydrogen-bond donors (Lipinski definition) is 2. The lowest BCUT2D eigenvalue weighted by Gasteiger charge is -2.57. The highest BCUT2D eigenvalue weighted by Crippen LogP contribution is 2.64. The topological polar surface area (TPSA) is 40.5 Å². The van der Waals surface area contributed by atoms with Crippen molar-refractivity contribution in [1.29, 1.82) is 0 Å². The van der Waals surface area contributed by atoms with Gasteiger partial charge in [-0.15, -0.1) is 0 Å². The molecule has 0 aromatic heterocycles. The molecule has 3 fully saturated rings. The Morgan fingerprint density at radius 3 is 2.81 bits per heavy atom. The van der Waals surface area contributed by atoms with E-state index in [2.05, 4.69) is 13.0 Å². The molecule has 0 saturated heterocycles. The number of aliphatic hydroxyl groups excluding tert-OH is 2. The molecule has 0 bridgehead atoms. The van der Waals surface area contributed by atoms with Gasteiger partial charge in [-0.3, -0.25) is 0 Å².